The van der Waals surface area contributed by atoms with Gasteiger partial charge in [0, 0.05) is 6.07 Å². The van der Waals surface area contributed by atoms with Crippen LogP contribution in [0, 0.1) is 0 Å². The van der Waals surface area contributed by atoms with Gasteiger partial charge in [0.05, 0.1) is 0 Å². The van der Waals surface area contributed by atoms with Crippen molar-refractivity contribution in [1.29, 1.82) is 0 Å². The molecule has 1 aromatic heterocycles. The van der Waals surface area contributed by atoms with Crippen molar-refractivity contribution in [3.63, 3.8) is 0 Å². The Kier molecular flexibility index (Phi) is 5.69. The van der Waals surface area contributed by atoms with Crippen molar-refractivity contribution in [2.75, 3.05) is 0 Å². The smallest absolute Gasteiger partial charge is 0.366 e. The quantitative estimate of drug-likeness (QED) is 0.191. The van der Waals surface area contributed by atoms with Gasteiger partial charge in [-0.3, -0.25) is 4.79 Å². The number of phenolic OH excluding ortho intramolecular Hbond substituents is 4. The summed E-state index contributed by atoms with van der Waals surface area (Å²) in [6.07, 6.45) is 0. The fraction of sp³-hybridized carbons (Fsp3) is 0. The molecule has 6 N–H and O–H groups in total. The lowest BCUT2D eigenvalue weighted by atomic mass is 10.2. The number of hydrogen-bond donors (Lipinski definition) is 6. The molecule has 1 heterocycles. The highest BCUT2D eigenvalue weighted by atomic mass is 16.6. The predicted molar refractivity (Wildman–Crippen MR) is 103 cm³/mol. The van der Waals surface area contributed by atoms with Gasteiger partial charge in [-0.15, -0.1) is 0 Å². The molecule has 0 radical (unpaired) electrons. The molecule has 0 spiro atoms. The summed E-state index contributed by atoms with van der Waals surface area (Å²) in [5.74, 6) is -8.33. The number of aromatic hydroxyl groups is 5. The first kappa shape index (κ1) is 21.7. The summed E-state index contributed by atoms with van der Waals surface area (Å²) in [6.45, 7) is 0. The molecule has 32 heavy (non-hydrogen) atoms. The monoisotopic (exact) mass is 443 g/mol. The third-order valence-electron chi connectivity index (χ3n) is 3.96. The number of rotatable bonds is 4. The summed E-state index contributed by atoms with van der Waals surface area (Å²) in [5.41, 5.74) is -3.11. The summed E-state index contributed by atoms with van der Waals surface area (Å²) < 4.78 is 9.40. The number of aromatic nitrogens is 1. The minimum absolute atomic E-state index is 0.406. The van der Waals surface area contributed by atoms with Crippen LogP contribution in [0.2, 0.25) is 0 Å². The summed E-state index contributed by atoms with van der Waals surface area (Å²) in [7, 11) is 0. The van der Waals surface area contributed by atoms with Crippen LogP contribution in [0.15, 0.2) is 47.3 Å². The number of pyridine rings is 1. The van der Waals surface area contributed by atoms with Crippen LogP contribution in [-0.4, -0.2) is 48.4 Å². The fourth-order valence-electron chi connectivity index (χ4n) is 2.49. The van der Waals surface area contributed by atoms with E-state index < -0.39 is 74.8 Å². The van der Waals surface area contributed by atoms with Crippen molar-refractivity contribution in [1.82, 2.24) is 4.98 Å². The zero-order valence-electron chi connectivity index (χ0n) is 15.7. The van der Waals surface area contributed by atoms with Crippen LogP contribution in [0.1, 0.15) is 31.2 Å². The molecule has 0 amide bonds. The molecule has 3 rings (SSSR count). The second-order valence-electron chi connectivity index (χ2n) is 6.19. The van der Waals surface area contributed by atoms with Gasteiger partial charge in [-0.05, 0) is 36.4 Å². The van der Waals surface area contributed by atoms with Gasteiger partial charge in [0.25, 0.3) is 5.56 Å². The van der Waals surface area contributed by atoms with Crippen molar-refractivity contribution < 1.29 is 49.4 Å². The lowest BCUT2D eigenvalue weighted by Gasteiger charge is -2.11. The lowest BCUT2D eigenvalue weighted by Crippen LogP contribution is -2.21. The van der Waals surface area contributed by atoms with E-state index in [-0.39, 0.29) is 0 Å². The van der Waals surface area contributed by atoms with Gasteiger partial charge in [0.2, 0.25) is 5.75 Å². The molecule has 0 aliphatic heterocycles. The summed E-state index contributed by atoms with van der Waals surface area (Å²) in [6, 6.07) is 6.29. The number of nitrogens with one attached hydrogen (secondary N) is 1. The minimum Gasteiger partial charge on any atom is -0.508 e. The fourth-order valence-corrected chi connectivity index (χ4v) is 2.49. The third-order valence-corrected chi connectivity index (χ3v) is 3.96. The van der Waals surface area contributed by atoms with Gasteiger partial charge in [0.1, 0.15) is 34.1 Å². The van der Waals surface area contributed by atoms with Crippen LogP contribution in [0.5, 0.6) is 34.5 Å². The maximum absolute atomic E-state index is 12.4. The Morgan fingerprint density at radius 2 is 1.22 bits per heavy atom. The topological polar surface area (TPSA) is 204 Å². The average molecular weight is 443 g/mol. The average Bonchev–Trinajstić information content (AvgIpc) is 2.72. The second kappa shape index (κ2) is 8.39. The van der Waals surface area contributed by atoms with Gasteiger partial charge < -0.3 is 40.0 Å². The number of phenols is 4. The normalized spacial score (nSPS) is 10.4. The van der Waals surface area contributed by atoms with Crippen LogP contribution in [0.25, 0.3) is 0 Å². The molecule has 0 bridgehead atoms. The molecular formula is C20H13NO11. The second-order valence-corrected chi connectivity index (χ2v) is 6.19. The SMILES string of the molecule is O=C(OC(=O)c1[nH]c(=O)cc(O)c1OC(=O)c1cc(O)ccc1O)c1cc(O)ccc1O. The van der Waals surface area contributed by atoms with Gasteiger partial charge in [0.15, 0.2) is 11.4 Å². The molecule has 0 aliphatic rings. The molecule has 3 aromatic rings. The molecule has 164 valence electrons. The lowest BCUT2D eigenvalue weighted by molar-refractivity contribution is 0.0388. The Labute approximate surface area is 177 Å². The standard InChI is InChI=1S/C20H13NO11/c22-8-1-3-12(24)10(5-8)18(28)31-17-14(26)7-15(27)21-16(17)20(30)32-19(29)11-6-9(23)2-4-13(11)25/h1-7,22-25H,(H2,21,26,27). The first-order chi connectivity index (χ1) is 15.1. The van der Waals surface area contributed by atoms with Gasteiger partial charge in [-0.25, -0.2) is 14.4 Å². The number of aromatic amines is 1. The molecular weight excluding hydrogens is 430 g/mol. The highest BCUT2D eigenvalue weighted by Gasteiger charge is 2.27. The zero-order chi connectivity index (χ0) is 23.6. The van der Waals surface area contributed by atoms with E-state index in [0.717, 1.165) is 36.4 Å². The van der Waals surface area contributed by atoms with Crippen molar-refractivity contribution in [2.24, 2.45) is 0 Å². The molecule has 12 nitrogen and oxygen atoms in total. The minimum atomic E-state index is -1.59. The third kappa shape index (κ3) is 4.43. The van der Waals surface area contributed by atoms with E-state index in [4.69, 9.17) is 4.74 Å². The van der Waals surface area contributed by atoms with E-state index in [2.05, 4.69) is 4.74 Å². The molecule has 0 aliphatic carbocycles. The number of hydrogen-bond acceptors (Lipinski definition) is 11. The first-order valence-electron chi connectivity index (χ1n) is 8.55. The van der Waals surface area contributed by atoms with E-state index in [1.54, 1.807) is 0 Å². The van der Waals surface area contributed by atoms with Gasteiger partial charge in [-0.1, -0.05) is 0 Å². The predicted octanol–water partition coefficient (Wildman–Crippen LogP) is 1.12. The Hall–Kier alpha value is -5.00. The van der Waals surface area contributed by atoms with Crippen molar-refractivity contribution in [2.45, 2.75) is 0 Å². The maximum Gasteiger partial charge on any atom is 0.366 e. The summed E-state index contributed by atoms with van der Waals surface area (Å²) in [4.78, 5) is 50.6. The highest BCUT2D eigenvalue weighted by molar-refractivity contribution is 6.05. The first-order valence-corrected chi connectivity index (χ1v) is 8.55. The molecule has 0 atom stereocenters. The van der Waals surface area contributed by atoms with Crippen molar-refractivity contribution in [3.8, 4) is 34.5 Å². The van der Waals surface area contributed by atoms with Gasteiger partial charge in [-0.2, -0.15) is 0 Å². The van der Waals surface area contributed by atoms with E-state index in [9.17, 15) is 44.7 Å². The van der Waals surface area contributed by atoms with Crippen LogP contribution >= 0.6 is 0 Å². The van der Waals surface area contributed by atoms with E-state index in [1.165, 1.54) is 0 Å². The highest BCUT2D eigenvalue weighted by Crippen LogP contribution is 2.31. The Bertz CT molecular complexity index is 1310. The maximum atomic E-state index is 12.4. The van der Waals surface area contributed by atoms with Gasteiger partial charge >= 0.3 is 17.9 Å². The number of carbonyl (C=O) groups is 3. The molecule has 0 saturated carbocycles. The Morgan fingerprint density at radius 1 is 0.688 bits per heavy atom. The molecule has 12 heteroatoms. The Morgan fingerprint density at radius 3 is 1.78 bits per heavy atom. The van der Waals surface area contributed by atoms with Crippen molar-refractivity contribution in [3.05, 3.63) is 69.6 Å². The van der Waals surface area contributed by atoms with Crippen LogP contribution < -0.4 is 10.3 Å². The van der Waals surface area contributed by atoms with Crippen LogP contribution in [-0.2, 0) is 4.74 Å². The Balaban J connectivity index is 1.95. The number of esters is 3. The van der Waals surface area contributed by atoms with E-state index in [0.29, 0.717) is 6.07 Å². The molecule has 0 unspecified atom stereocenters. The number of H-pyrrole nitrogens is 1. The molecule has 0 saturated heterocycles. The zero-order valence-corrected chi connectivity index (χ0v) is 15.7. The largest absolute Gasteiger partial charge is 0.508 e. The number of carbonyl (C=O) groups excluding carboxylic acids is 3. The van der Waals surface area contributed by atoms with Crippen molar-refractivity contribution >= 4 is 17.9 Å². The van der Waals surface area contributed by atoms with Crippen LogP contribution in [0.4, 0.5) is 0 Å². The molecule has 0 fully saturated rings. The number of benzene rings is 2. The number of ether oxygens (including phenoxy) is 2. The molecule has 2 aromatic carbocycles. The van der Waals surface area contributed by atoms with Crippen LogP contribution in [0.3, 0.4) is 0 Å². The summed E-state index contributed by atoms with van der Waals surface area (Å²) >= 11 is 0. The van der Waals surface area contributed by atoms with E-state index in [1.807, 2.05) is 4.98 Å². The van der Waals surface area contributed by atoms with E-state index >= 15 is 0 Å². The summed E-state index contributed by atoms with van der Waals surface area (Å²) in [5, 5.41) is 48.3.